The van der Waals surface area contributed by atoms with Crippen LogP contribution in [0, 0.1) is 6.92 Å². The van der Waals surface area contributed by atoms with Gasteiger partial charge in [0.1, 0.15) is 18.1 Å². The van der Waals surface area contributed by atoms with Gasteiger partial charge in [0.2, 0.25) is 5.91 Å². The second-order valence-corrected chi connectivity index (χ2v) is 8.59. The molecule has 34 heavy (non-hydrogen) atoms. The van der Waals surface area contributed by atoms with Crippen LogP contribution in [0.2, 0.25) is 5.02 Å². The number of halogens is 1. The Morgan fingerprint density at radius 3 is 2.76 bits per heavy atom. The lowest BCUT2D eigenvalue weighted by molar-refractivity contribution is -0.136. The highest BCUT2D eigenvalue weighted by molar-refractivity contribution is 6.34. The van der Waals surface area contributed by atoms with Crippen molar-refractivity contribution in [3.63, 3.8) is 0 Å². The third-order valence-corrected chi connectivity index (χ3v) is 5.94. The van der Waals surface area contributed by atoms with Crippen molar-refractivity contribution >= 4 is 29.1 Å². The van der Waals surface area contributed by atoms with Crippen molar-refractivity contribution in [2.75, 3.05) is 25.0 Å². The minimum Gasteiger partial charge on any atom is -0.489 e. The van der Waals surface area contributed by atoms with Gasteiger partial charge in [0.05, 0.1) is 30.5 Å². The molecule has 1 fully saturated rings. The van der Waals surface area contributed by atoms with Crippen LogP contribution in [-0.4, -0.2) is 52.3 Å². The summed E-state index contributed by atoms with van der Waals surface area (Å²) >= 11 is 6.30. The zero-order valence-corrected chi connectivity index (χ0v) is 19.9. The molecule has 178 valence electrons. The lowest BCUT2D eigenvalue weighted by atomic mass is 10.2. The van der Waals surface area contributed by atoms with Crippen molar-refractivity contribution in [1.29, 1.82) is 0 Å². The molecule has 2 aromatic carbocycles. The van der Waals surface area contributed by atoms with Crippen LogP contribution in [0.3, 0.4) is 0 Å². The molecule has 8 nitrogen and oxygen atoms in total. The summed E-state index contributed by atoms with van der Waals surface area (Å²) in [6, 6.07) is 15.4. The number of aryl methyl sites for hydroxylation is 1. The summed E-state index contributed by atoms with van der Waals surface area (Å²) in [7, 11) is 0. The fraction of sp³-hybridized carbons (Fsp3) is 0.320. The summed E-state index contributed by atoms with van der Waals surface area (Å²) in [5.74, 6) is 0.339. The molecule has 1 N–H and O–H groups in total. The number of nitrogens with one attached hydrogen (secondary N) is 1. The van der Waals surface area contributed by atoms with E-state index in [2.05, 4.69) is 10.4 Å². The molecule has 0 aliphatic carbocycles. The molecule has 1 aromatic heterocycles. The molecule has 1 atom stereocenters. The zero-order chi connectivity index (χ0) is 24.1. The van der Waals surface area contributed by atoms with E-state index in [9.17, 15) is 9.59 Å². The third kappa shape index (κ3) is 5.76. The summed E-state index contributed by atoms with van der Waals surface area (Å²) in [5, 5.41) is 7.41. The largest absolute Gasteiger partial charge is 0.489 e. The predicted octanol–water partition coefficient (Wildman–Crippen LogP) is 3.92. The number of anilines is 1. The zero-order valence-electron chi connectivity index (χ0n) is 19.2. The van der Waals surface area contributed by atoms with E-state index in [1.54, 1.807) is 11.0 Å². The first kappa shape index (κ1) is 23.8. The van der Waals surface area contributed by atoms with Crippen LogP contribution < -0.4 is 10.1 Å². The molecule has 1 aliphatic rings. The van der Waals surface area contributed by atoms with E-state index in [0.29, 0.717) is 44.3 Å². The van der Waals surface area contributed by atoms with Crippen LogP contribution in [0.15, 0.2) is 54.7 Å². The van der Waals surface area contributed by atoms with Gasteiger partial charge in [-0.25, -0.2) is 0 Å². The van der Waals surface area contributed by atoms with E-state index >= 15 is 0 Å². The second kappa shape index (κ2) is 10.7. The van der Waals surface area contributed by atoms with E-state index < -0.39 is 0 Å². The van der Waals surface area contributed by atoms with E-state index in [-0.39, 0.29) is 28.6 Å². The molecule has 1 unspecified atom stereocenters. The molecule has 0 bridgehead atoms. The first-order chi connectivity index (χ1) is 16.4. The number of nitrogens with zero attached hydrogens (tertiary/aromatic N) is 3. The molecule has 3 aromatic rings. The maximum atomic E-state index is 13.1. The number of hydrogen-bond acceptors (Lipinski definition) is 5. The third-order valence-electron chi connectivity index (χ3n) is 5.66. The van der Waals surface area contributed by atoms with E-state index in [4.69, 9.17) is 21.1 Å². The van der Waals surface area contributed by atoms with Crippen molar-refractivity contribution in [3.05, 3.63) is 76.6 Å². The van der Waals surface area contributed by atoms with Gasteiger partial charge >= 0.3 is 0 Å². The van der Waals surface area contributed by atoms with Gasteiger partial charge < -0.3 is 19.7 Å². The number of hydrogen-bond donors (Lipinski definition) is 1. The van der Waals surface area contributed by atoms with Gasteiger partial charge in [-0.2, -0.15) is 5.10 Å². The van der Waals surface area contributed by atoms with Crippen LogP contribution in [0.5, 0.6) is 5.75 Å². The van der Waals surface area contributed by atoms with Crippen molar-refractivity contribution in [2.24, 2.45) is 0 Å². The Morgan fingerprint density at radius 1 is 1.24 bits per heavy atom. The number of morpholine rings is 1. The number of amides is 2. The highest BCUT2D eigenvalue weighted by Gasteiger charge is 2.26. The Bertz CT molecular complexity index is 1160. The number of rotatable bonds is 7. The maximum absolute atomic E-state index is 13.1. The van der Waals surface area contributed by atoms with Gasteiger partial charge in [-0.15, -0.1) is 0 Å². The van der Waals surface area contributed by atoms with E-state index in [1.165, 1.54) is 17.8 Å². The number of aromatic nitrogens is 2. The molecule has 1 saturated heterocycles. The van der Waals surface area contributed by atoms with Crippen LogP contribution >= 0.6 is 11.6 Å². The van der Waals surface area contributed by atoms with Crippen LogP contribution in [-0.2, 0) is 22.7 Å². The SMILES string of the molecule is CC(=O)N1CCOC(Cn2ncc(Cl)c2C(=O)Nc2ccc(OCc3ccccc3)cc2C)C1. The minimum atomic E-state index is -0.372. The minimum absolute atomic E-state index is 0.00330. The standard InChI is InChI=1S/C25H27ClN4O4/c1-17-12-20(34-16-19-6-4-3-5-7-19)8-9-23(17)28-25(32)24-22(26)13-27-30(24)15-21-14-29(18(2)31)10-11-33-21/h3-9,12-13,21H,10-11,14-16H2,1-2H3,(H,28,32). The predicted molar refractivity (Wildman–Crippen MR) is 129 cm³/mol. The normalized spacial score (nSPS) is 15.7. The molecule has 9 heteroatoms. The molecule has 0 saturated carbocycles. The molecule has 0 radical (unpaired) electrons. The quantitative estimate of drug-likeness (QED) is 0.551. The number of carbonyl (C=O) groups excluding carboxylic acids is 2. The Morgan fingerprint density at radius 2 is 2.03 bits per heavy atom. The van der Waals surface area contributed by atoms with Crippen LogP contribution in [0.4, 0.5) is 5.69 Å². The fourth-order valence-corrected chi connectivity index (χ4v) is 4.05. The van der Waals surface area contributed by atoms with Gasteiger partial charge in [-0.3, -0.25) is 14.3 Å². The Kier molecular flexibility index (Phi) is 7.49. The summed E-state index contributed by atoms with van der Waals surface area (Å²) in [4.78, 5) is 26.5. The molecule has 2 amide bonds. The van der Waals surface area contributed by atoms with Crippen LogP contribution in [0.25, 0.3) is 0 Å². The van der Waals surface area contributed by atoms with Gasteiger partial charge in [0.15, 0.2) is 0 Å². The molecule has 1 aliphatic heterocycles. The smallest absolute Gasteiger partial charge is 0.275 e. The lowest BCUT2D eigenvalue weighted by Crippen LogP contribution is -2.46. The van der Waals surface area contributed by atoms with Gasteiger partial charge in [0.25, 0.3) is 5.91 Å². The van der Waals surface area contributed by atoms with E-state index in [0.717, 1.165) is 11.1 Å². The lowest BCUT2D eigenvalue weighted by Gasteiger charge is -2.32. The highest BCUT2D eigenvalue weighted by Crippen LogP contribution is 2.24. The average molecular weight is 483 g/mol. The fourth-order valence-electron chi connectivity index (χ4n) is 3.82. The van der Waals surface area contributed by atoms with Crippen molar-refractivity contribution < 1.29 is 19.1 Å². The summed E-state index contributed by atoms with van der Waals surface area (Å²) < 4.78 is 13.2. The Balaban J connectivity index is 1.41. The van der Waals surface area contributed by atoms with E-state index in [1.807, 2.05) is 49.4 Å². The topological polar surface area (TPSA) is 85.7 Å². The monoisotopic (exact) mass is 482 g/mol. The highest BCUT2D eigenvalue weighted by atomic mass is 35.5. The van der Waals surface area contributed by atoms with Gasteiger partial charge in [-0.1, -0.05) is 41.9 Å². The van der Waals surface area contributed by atoms with Crippen molar-refractivity contribution in [2.45, 2.75) is 33.1 Å². The molecule has 2 heterocycles. The molecule has 4 rings (SSSR count). The summed E-state index contributed by atoms with van der Waals surface area (Å²) in [5.41, 5.74) is 2.83. The van der Waals surface area contributed by atoms with Crippen molar-refractivity contribution in [1.82, 2.24) is 14.7 Å². The maximum Gasteiger partial charge on any atom is 0.275 e. The second-order valence-electron chi connectivity index (χ2n) is 8.19. The average Bonchev–Trinajstić information content (AvgIpc) is 3.20. The van der Waals surface area contributed by atoms with Crippen LogP contribution in [0.1, 0.15) is 28.5 Å². The Labute approximate surface area is 203 Å². The molecular weight excluding hydrogens is 456 g/mol. The summed E-state index contributed by atoms with van der Waals surface area (Å²) in [6.07, 6.45) is 1.16. The first-order valence-corrected chi connectivity index (χ1v) is 11.5. The molecular formula is C25H27ClN4O4. The number of benzene rings is 2. The first-order valence-electron chi connectivity index (χ1n) is 11.1. The summed E-state index contributed by atoms with van der Waals surface area (Å²) in [6.45, 7) is 5.65. The van der Waals surface area contributed by atoms with Gasteiger partial charge in [-0.05, 0) is 36.2 Å². The van der Waals surface area contributed by atoms with Crippen molar-refractivity contribution in [3.8, 4) is 5.75 Å². The van der Waals surface area contributed by atoms with Gasteiger partial charge in [0, 0.05) is 25.7 Å². The Hall–Kier alpha value is -3.36. The number of carbonyl (C=O) groups is 2. The number of ether oxygens (including phenoxy) is 2. The molecule has 0 spiro atoms.